The summed E-state index contributed by atoms with van der Waals surface area (Å²) in [5.41, 5.74) is 3.81. The van der Waals surface area contributed by atoms with Gasteiger partial charge in [0.1, 0.15) is 11.4 Å². The highest BCUT2D eigenvalue weighted by molar-refractivity contribution is 5.80. The second-order valence-electron chi connectivity index (χ2n) is 6.46. The number of rotatable bonds is 5. The minimum Gasteiger partial charge on any atom is -0.481 e. The van der Waals surface area contributed by atoms with Gasteiger partial charge in [-0.25, -0.2) is 9.97 Å². The Bertz CT molecular complexity index is 1130. The summed E-state index contributed by atoms with van der Waals surface area (Å²) < 4.78 is 6.05. The number of hydrogen-bond donors (Lipinski definition) is 1. The lowest BCUT2D eigenvalue weighted by Gasteiger charge is -2.12. The van der Waals surface area contributed by atoms with E-state index in [1.165, 1.54) is 0 Å². The summed E-state index contributed by atoms with van der Waals surface area (Å²) in [4.78, 5) is 20.6. The van der Waals surface area contributed by atoms with Gasteiger partial charge in [-0.15, -0.1) is 0 Å². The normalized spacial score (nSPS) is 11.9. The number of carbonyl (C=O) groups is 1. The second-order valence-corrected chi connectivity index (χ2v) is 6.46. The Kier molecular flexibility index (Phi) is 4.72. The highest BCUT2D eigenvalue weighted by atomic mass is 16.5. The number of hydrogen-bond acceptors (Lipinski definition) is 4. The summed E-state index contributed by atoms with van der Waals surface area (Å²) in [6, 6.07) is 24.4. The van der Waals surface area contributed by atoms with Crippen LogP contribution in [-0.2, 0) is 4.79 Å². The molecule has 0 fully saturated rings. The first-order chi connectivity index (χ1) is 13.6. The molecule has 5 nitrogen and oxygen atoms in total. The number of carboxylic acid groups (broad SMARTS) is 1. The van der Waals surface area contributed by atoms with Crippen LogP contribution in [0.15, 0.2) is 78.9 Å². The molecular formula is C23H18N2O3. The molecule has 3 aromatic carbocycles. The van der Waals surface area contributed by atoms with Crippen LogP contribution in [0.25, 0.3) is 22.3 Å². The Labute approximate surface area is 162 Å². The third-order valence-corrected chi connectivity index (χ3v) is 4.55. The lowest BCUT2D eigenvalue weighted by Crippen LogP contribution is -2.07. The number of carboxylic acids is 1. The van der Waals surface area contributed by atoms with E-state index in [1.807, 2.05) is 54.6 Å². The third kappa shape index (κ3) is 3.55. The van der Waals surface area contributed by atoms with E-state index in [1.54, 1.807) is 31.2 Å². The van der Waals surface area contributed by atoms with Crippen molar-refractivity contribution in [3.63, 3.8) is 0 Å². The van der Waals surface area contributed by atoms with Crippen molar-refractivity contribution in [1.29, 1.82) is 0 Å². The van der Waals surface area contributed by atoms with Crippen LogP contribution in [0.1, 0.15) is 18.4 Å². The van der Waals surface area contributed by atoms with E-state index in [9.17, 15) is 4.79 Å². The van der Waals surface area contributed by atoms with E-state index in [0.29, 0.717) is 22.9 Å². The van der Waals surface area contributed by atoms with Crippen LogP contribution in [-0.4, -0.2) is 21.0 Å². The minimum absolute atomic E-state index is 0.406. The molecule has 1 unspecified atom stereocenters. The Balaban J connectivity index is 1.74. The van der Waals surface area contributed by atoms with Crippen molar-refractivity contribution in [2.75, 3.05) is 0 Å². The van der Waals surface area contributed by atoms with Crippen LogP contribution >= 0.6 is 0 Å². The molecule has 0 aliphatic rings. The van der Waals surface area contributed by atoms with E-state index in [4.69, 9.17) is 14.8 Å². The first kappa shape index (κ1) is 17.7. The average molecular weight is 370 g/mol. The molecule has 4 aromatic rings. The van der Waals surface area contributed by atoms with Crippen molar-refractivity contribution >= 4 is 17.0 Å². The second kappa shape index (κ2) is 7.48. The van der Waals surface area contributed by atoms with E-state index < -0.39 is 11.9 Å². The van der Waals surface area contributed by atoms with Gasteiger partial charge in [0.15, 0.2) is 0 Å². The maximum absolute atomic E-state index is 11.2. The standard InChI is InChI=1S/C23H18N2O3/c1-15(23(26)27)16-11-13-18(14-12-16)28-22-21(17-7-3-2-4-8-17)24-19-9-5-6-10-20(19)25-22/h2-15H,1H3,(H,26,27). The van der Waals surface area contributed by atoms with Gasteiger partial charge in [0.25, 0.3) is 0 Å². The largest absolute Gasteiger partial charge is 0.481 e. The van der Waals surface area contributed by atoms with Gasteiger partial charge in [0, 0.05) is 5.56 Å². The van der Waals surface area contributed by atoms with Gasteiger partial charge in [-0.2, -0.15) is 0 Å². The van der Waals surface area contributed by atoms with Crippen molar-refractivity contribution in [2.45, 2.75) is 12.8 Å². The molecule has 0 bridgehead atoms. The fourth-order valence-electron chi connectivity index (χ4n) is 2.92. The molecule has 138 valence electrons. The molecule has 1 N–H and O–H groups in total. The van der Waals surface area contributed by atoms with Gasteiger partial charge in [-0.3, -0.25) is 4.79 Å². The fourth-order valence-corrected chi connectivity index (χ4v) is 2.92. The maximum atomic E-state index is 11.2. The monoisotopic (exact) mass is 370 g/mol. The van der Waals surface area contributed by atoms with E-state index in [-0.39, 0.29) is 0 Å². The SMILES string of the molecule is CC(C(=O)O)c1ccc(Oc2nc3ccccc3nc2-c2ccccc2)cc1. The molecule has 0 saturated heterocycles. The Morgan fingerprint density at radius 2 is 1.46 bits per heavy atom. The van der Waals surface area contributed by atoms with E-state index in [2.05, 4.69) is 4.98 Å². The number of para-hydroxylation sites is 2. The molecule has 1 aromatic heterocycles. The number of nitrogens with zero attached hydrogens (tertiary/aromatic N) is 2. The topological polar surface area (TPSA) is 72.3 Å². The first-order valence-electron chi connectivity index (χ1n) is 8.94. The van der Waals surface area contributed by atoms with E-state index >= 15 is 0 Å². The maximum Gasteiger partial charge on any atom is 0.310 e. The molecule has 0 spiro atoms. The fraction of sp³-hybridized carbons (Fsp3) is 0.0870. The highest BCUT2D eigenvalue weighted by Gasteiger charge is 2.15. The van der Waals surface area contributed by atoms with Crippen LogP contribution in [0.3, 0.4) is 0 Å². The lowest BCUT2D eigenvalue weighted by atomic mass is 10.0. The van der Waals surface area contributed by atoms with Crippen LogP contribution in [0.2, 0.25) is 0 Å². The number of fused-ring (bicyclic) bond motifs is 1. The van der Waals surface area contributed by atoms with Crippen LogP contribution in [0.5, 0.6) is 11.6 Å². The van der Waals surface area contributed by atoms with Gasteiger partial charge in [0.05, 0.1) is 17.0 Å². The predicted molar refractivity (Wildman–Crippen MR) is 108 cm³/mol. The van der Waals surface area contributed by atoms with Crippen LogP contribution in [0.4, 0.5) is 0 Å². The lowest BCUT2D eigenvalue weighted by molar-refractivity contribution is -0.138. The zero-order valence-corrected chi connectivity index (χ0v) is 15.2. The summed E-state index contributed by atoms with van der Waals surface area (Å²) in [5.74, 6) is -0.457. The molecule has 1 heterocycles. The number of aliphatic carboxylic acids is 1. The molecule has 0 aliphatic carbocycles. The van der Waals surface area contributed by atoms with Crippen molar-refractivity contribution in [3.8, 4) is 22.9 Å². The molecule has 4 rings (SSSR count). The molecule has 28 heavy (non-hydrogen) atoms. The van der Waals surface area contributed by atoms with Gasteiger partial charge in [-0.05, 0) is 36.8 Å². The molecule has 1 atom stereocenters. The minimum atomic E-state index is -0.861. The molecule has 5 heteroatoms. The summed E-state index contributed by atoms with van der Waals surface area (Å²) in [6.45, 7) is 1.65. The summed E-state index contributed by atoms with van der Waals surface area (Å²) in [7, 11) is 0. The van der Waals surface area contributed by atoms with Crippen LogP contribution < -0.4 is 4.74 Å². The van der Waals surface area contributed by atoms with E-state index in [0.717, 1.165) is 16.6 Å². The van der Waals surface area contributed by atoms with Gasteiger partial charge >= 0.3 is 5.97 Å². The van der Waals surface area contributed by atoms with Crippen molar-refractivity contribution < 1.29 is 14.6 Å². The molecular weight excluding hydrogens is 352 g/mol. The van der Waals surface area contributed by atoms with Gasteiger partial charge in [-0.1, -0.05) is 54.6 Å². The zero-order valence-electron chi connectivity index (χ0n) is 15.2. The molecule has 0 aliphatic heterocycles. The first-order valence-corrected chi connectivity index (χ1v) is 8.94. The highest BCUT2D eigenvalue weighted by Crippen LogP contribution is 2.32. The van der Waals surface area contributed by atoms with Crippen molar-refractivity contribution in [1.82, 2.24) is 9.97 Å². The zero-order chi connectivity index (χ0) is 19.5. The molecule has 0 saturated carbocycles. The molecule has 0 radical (unpaired) electrons. The van der Waals surface area contributed by atoms with Gasteiger partial charge < -0.3 is 9.84 Å². The summed E-state index contributed by atoms with van der Waals surface area (Å²) in [6.07, 6.45) is 0. The smallest absolute Gasteiger partial charge is 0.310 e. The van der Waals surface area contributed by atoms with Gasteiger partial charge in [0.2, 0.25) is 5.88 Å². The predicted octanol–water partition coefficient (Wildman–Crippen LogP) is 5.28. The van der Waals surface area contributed by atoms with Crippen LogP contribution in [0, 0.1) is 0 Å². The number of ether oxygens (including phenoxy) is 1. The summed E-state index contributed by atoms with van der Waals surface area (Å²) in [5, 5.41) is 9.15. The third-order valence-electron chi connectivity index (χ3n) is 4.55. The quantitative estimate of drug-likeness (QED) is 0.518. The Morgan fingerprint density at radius 3 is 2.11 bits per heavy atom. The number of benzene rings is 3. The average Bonchev–Trinajstić information content (AvgIpc) is 2.74. The Morgan fingerprint density at radius 1 is 0.857 bits per heavy atom. The van der Waals surface area contributed by atoms with Crippen molar-refractivity contribution in [2.24, 2.45) is 0 Å². The number of aromatic nitrogens is 2. The molecule has 0 amide bonds. The van der Waals surface area contributed by atoms with Crippen molar-refractivity contribution in [3.05, 3.63) is 84.4 Å². The summed E-state index contributed by atoms with van der Waals surface area (Å²) >= 11 is 0. The Hall–Kier alpha value is -3.73.